The number of amides is 1. The fraction of sp³-hybridized carbons (Fsp3) is 0.333. The van der Waals surface area contributed by atoms with Crippen molar-refractivity contribution in [2.24, 2.45) is 5.92 Å². The molecule has 1 amide bonds. The summed E-state index contributed by atoms with van der Waals surface area (Å²) in [6, 6.07) is 9.81. The zero-order chi connectivity index (χ0) is 19.0. The van der Waals surface area contributed by atoms with E-state index in [1.807, 2.05) is 24.3 Å². The van der Waals surface area contributed by atoms with Gasteiger partial charge in [-0.3, -0.25) is 4.79 Å². The van der Waals surface area contributed by atoms with Crippen molar-refractivity contribution in [3.8, 4) is 0 Å². The number of fused-ring (bicyclic) bond motifs is 2. The predicted molar refractivity (Wildman–Crippen MR) is 113 cm³/mol. The van der Waals surface area contributed by atoms with Crippen molar-refractivity contribution in [3.05, 3.63) is 57.1 Å². The first-order valence-electron chi connectivity index (χ1n) is 9.24. The normalized spacial score (nSPS) is 16.3. The summed E-state index contributed by atoms with van der Waals surface area (Å²) in [7, 11) is 0. The van der Waals surface area contributed by atoms with Crippen LogP contribution in [0.2, 0.25) is 5.02 Å². The maximum Gasteiger partial charge on any atom is 0.263 e. The molecule has 1 aliphatic rings. The van der Waals surface area contributed by atoms with Crippen LogP contribution in [-0.2, 0) is 19.3 Å². The first kappa shape index (κ1) is 18.3. The summed E-state index contributed by atoms with van der Waals surface area (Å²) in [5.41, 5.74) is 10.4. The van der Waals surface area contributed by atoms with Gasteiger partial charge in [-0.05, 0) is 60.9 Å². The number of hydrogen-bond acceptors (Lipinski definition) is 4. The summed E-state index contributed by atoms with van der Waals surface area (Å²) in [5, 5.41) is 4.58. The molecular weight excluding hydrogens is 378 g/mol. The van der Waals surface area contributed by atoms with E-state index < -0.39 is 0 Å². The molecule has 6 heteroatoms. The van der Waals surface area contributed by atoms with Crippen LogP contribution in [0, 0.1) is 5.92 Å². The van der Waals surface area contributed by atoms with Gasteiger partial charge in [-0.15, -0.1) is 11.3 Å². The number of pyridine rings is 1. The Hall–Kier alpha value is -2.11. The Labute approximate surface area is 167 Å². The Bertz CT molecular complexity index is 1010. The number of carbonyl (C=O) groups is 1. The number of aryl methyl sites for hydroxylation is 1. The largest absolute Gasteiger partial charge is 0.397 e. The lowest BCUT2D eigenvalue weighted by Crippen LogP contribution is -2.25. The molecule has 0 radical (unpaired) electrons. The molecule has 1 aromatic carbocycles. The highest BCUT2D eigenvalue weighted by molar-refractivity contribution is 7.21. The average molecular weight is 400 g/mol. The van der Waals surface area contributed by atoms with Crippen LogP contribution in [0.4, 0.5) is 5.69 Å². The molecule has 1 aliphatic carbocycles. The maximum absolute atomic E-state index is 12.6. The summed E-state index contributed by atoms with van der Waals surface area (Å²) in [4.78, 5) is 18.8. The van der Waals surface area contributed by atoms with Crippen LogP contribution in [0.1, 0.15) is 39.8 Å². The Morgan fingerprint density at radius 3 is 3.07 bits per heavy atom. The van der Waals surface area contributed by atoms with Gasteiger partial charge in [0.15, 0.2) is 0 Å². The van der Waals surface area contributed by atoms with Crippen LogP contribution < -0.4 is 11.1 Å². The van der Waals surface area contributed by atoms with E-state index in [9.17, 15) is 4.79 Å². The molecular formula is C21H22ClN3OS. The topological polar surface area (TPSA) is 68.0 Å². The van der Waals surface area contributed by atoms with Crippen molar-refractivity contribution in [3.63, 3.8) is 0 Å². The molecule has 0 saturated heterocycles. The second kappa shape index (κ2) is 7.49. The third kappa shape index (κ3) is 3.80. The molecule has 4 nitrogen and oxygen atoms in total. The number of anilines is 1. The highest BCUT2D eigenvalue weighted by Gasteiger charge is 2.22. The molecule has 140 valence electrons. The van der Waals surface area contributed by atoms with Crippen LogP contribution in [0.15, 0.2) is 30.3 Å². The summed E-state index contributed by atoms with van der Waals surface area (Å²) < 4.78 is 0. The van der Waals surface area contributed by atoms with E-state index in [0.29, 0.717) is 28.0 Å². The van der Waals surface area contributed by atoms with Crippen LogP contribution in [0.25, 0.3) is 10.2 Å². The summed E-state index contributed by atoms with van der Waals surface area (Å²) in [6.45, 7) is 2.80. The third-order valence-electron chi connectivity index (χ3n) is 5.13. The van der Waals surface area contributed by atoms with Gasteiger partial charge >= 0.3 is 0 Å². The van der Waals surface area contributed by atoms with Crippen LogP contribution in [0.5, 0.6) is 0 Å². The summed E-state index contributed by atoms with van der Waals surface area (Å²) in [5.74, 6) is 0.537. The number of benzene rings is 1. The van der Waals surface area contributed by atoms with Gasteiger partial charge in [0.2, 0.25) is 0 Å². The van der Waals surface area contributed by atoms with Crippen molar-refractivity contribution < 1.29 is 4.79 Å². The minimum atomic E-state index is -0.135. The molecule has 1 unspecified atom stereocenters. The Morgan fingerprint density at radius 1 is 1.41 bits per heavy atom. The molecule has 0 aliphatic heterocycles. The highest BCUT2D eigenvalue weighted by atomic mass is 35.5. The molecule has 3 aromatic rings. The Morgan fingerprint density at radius 2 is 2.26 bits per heavy atom. The average Bonchev–Trinajstić information content (AvgIpc) is 2.96. The van der Waals surface area contributed by atoms with Crippen molar-refractivity contribution in [2.45, 2.75) is 32.6 Å². The number of carbonyl (C=O) groups excluding carboxylic acids is 1. The molecule has 0 bridgehead atoms. The van der Waals surface area contributed by atoms with Gasteiger partial charge < -0.3 is 11.1 Å². The molecule has 0 saturated carbocycles. The Balaban J connectivity index is 1.51. The number of nitrogens with two attached hydrogens (primary N) is 1. The molecule has 1 atom stereocenters. The van der Waals surface area contributed by atoms with Crippen LogP contribution in [0.3, 0.4) is 0 Å². The lowest BCUT2D eigenvalue weighted by atomic mass is 9.87. The number of nitrogens with one attached hydrogen (secondary N) is 1. The molecule has 4 rings (SSSR count). The predicted octanol–water partition coefficient (Wildman–Crippen LogP) is 4.63. The number of nitrogen functional groups attached to an aromatic ring is 1. The summed E-state index contributed by atoms with van der Waals surface area (Å²) >= 11 is 7.39. The number of thiophene rings is 1. The number of aromatic nitrogens is 1. The molecule has 0 fully saturated rings. The van der Waals surface area contributed by atoms with Gasteiger partial charge in [0.1, 0.15) is 9.71 Å². The van der Waals surface area contributed by atoms with Crippen molar-refractivity contribution in [1.29, 1.82) is 0 Å². The van der Waals surface area contributed by atoms with Gasteiger partial charge in [0, 0.05) is 22.6 Å². The second-order valence-corrected chi connectivity index (χ2v) is 8.71. The van der Waals surface area contributed by atoms with Gasteiger partial charge in [0.05, 0.1) is 5.69 Å². The van der Waals surface area contributed by atoms with Crippen molar-refractivity contribution >= 4 is 44.7 Å². The molecule has 2 aromatic heterocycles. The van der Waals surface area contributed by atoms with E-state index in [2.05, 4.69) is 18.3 Å². The minimum Gasteiger partial charge on any atom is -0.397 e. The quantitative estimate of drug-likeness (QED) is 0.672. The number of rotatable bonds is 4. The van der Waals surface area contributed by atoms with E-state index >= 15 is 0 Å². The third-order valence-corrected chi connectivity index (χ3v) is 6.48. The lowest BCUT2D eigenvalue weighted by molar-refractivity contribution is 0.0959. The van der Waals surface area contributed by atoms with E-state index in [-0.39, 0.29) is 5.91 Å². The zero-order valence-corrected chi connectivity index (χ0v) is 16.8. The number of hydrogen-bond donors (Lipinski definition) is 2. The highest BCUT2D eigenvalue weighted by Crippen LogP contribution is 2.36. The van der Waals surface area contributed by atoms with Gasteiger partial charge in [-0.1, -0.05) is 30.7 Å². The zero-order valence-electron chi connectivity index (χ0n) is 15.2. The first-order chi connectivity index (χ1) is 13.0. The van der Waals surface area contributed by atoms with Crippen molar-refractivity contribution in [1.82, 2.24) is 10.3 Å². The van der Waals surface area contributed by atoms with Gasteiger partial charge in [0.25, 0.3) is 5.91 Å². The van der Waals surface area contributed by atoms with Gasteiger partial charge in [-0.2, -0.15) is 0 Å². The number of nitrogens with zero attached hydrogens (tertiary/aromatic N) is 1. The smallest absolute Gasteiger partial charge is 0.263 e. The minimum absolute atomic E-state index is 0.135. The molecule has 27 heavy (non-hydrogen) atoms. The SMILES string of the molecule is CC1CCc2nc3sc(C(=O)NCCc4cccc(Cl)c4)c(N)c3cc2C1. The Kier molecular flexibility index (Phi) is 5.06. The lowest BCUT2D eigenvalue weighted by Gasteiger charge is -2.20. The van der Waals surface area contributed by atoms with E-state index in [4.69, 9.17) is 22.3 Å². The standard InChI is InChI=1S/C21H22ClN3OS/c1-12-5-6-17-14(9-12)11-16-18(23)19(27-21(16)25-17)20(26)24-8-7-13-3-2-4-15(22)10-13/h2-4,10-12H,5-9,23H2,1H3,(H,24,26). The molecule has 0 spiro atoms. The van der Waals surface area contributed by atoms with E-state index in [1.165, 1.54) is 23.3 Å². The van der Waals surface area contributed by atoms with E-state index in [1.54, 1.807) is 0 Å². The summed E-state index contributed by atoms with van der Waals surface area (Å²) in [6.07, 6.45) is 3.94. The van der Waals surface area contributed by atoms with Crippen LogP contribution >= 0.6 is 22.9 Å². The molecule has 2 heterocycles. The second-order valence-electron chi connectivity index (χ2n) is 7.28. The molecule has 3 N–H and O–H groups in total. The van der Waals surface area contributed by atoms with Crippen molar-refractivity contribution in [2.75, 3.05) is 12.3 Å². The first-order valence-corrected chi connectivity index (χ1v) is 10.4. The van der Waals surface area contributed by atoms with Gasteiger partial charge in [-0.25, -0.2) is 4.98 Å². The monoisotopic (exact) mass is 399 g/mol. The van der Waals surface area contributed by atoms with E-state index in [0.717, 1.165) is 40.7 Å². The number of halogens is 1. The van der Waals surface area contributed by atoms with Crippen LogP contribution in [-0.4, -0.2) is 17.4 Å². The fourth-order valence-corrected chi connectivity index (χ4v) is 4.86. The maximum atomic E-state index is 12.6. The fourth-order valence-electron chi connectivity index (χ4n) is 3.63.